The van der Waals surface area contributed by atoms with Crippen molar-refractivity contribution in [2.24, 2.45) is 0 Å². The van der Waals surface area contributed by atoms with E-state index in [9.17, 15) is 4.79 Å². The number of methoxy groups -OCH3 is 2. The molecule has 0 saturated heterocycles. The van der Waals surface area contributed by atoms with Crippen LogP contribution in [-0.2, 0) is 11.3 Å². The van der Waals surface area contributed by atoms with Gasteiger partial charge in [0.15, 0.2) is 0 Å². The number of carbonyl (C=O) groups is 1. The standard InChI is InChI=1S/C20H23NO3S/c1-21(14-15-5-9-18(25-4)10-6-15)20(22)12-7-16-13-17(23-2)8-11-19(16)24-3/h5-13H,14H2,1-4H3/b12-7+. The summed E-state index contributed by atoms with van der Waals surface area (Å²) in [6.45, 7) is 0.563. The van der Waals surface area contributed by atoms with Crippen LogP contribution in [0.3, 0.4) is 0 Å². The van der Waals surface area contributed by atoms with Crippen molar-refractivity contribution in [1.29, 1.82) is 0 Å². The fourth-order valence-corrected chi connectivity index (χ4v) is 2.75. The quantitative estimate of drug-likeness (QED) is 0.552. The Morgan fingerprint density at radius 3 is 2.44 bits per heavy atom. The topological polar surface area (TPSA) is 38.8 Å². The van der Waals surface area contributed by atoms with Crippen LogP contribution >= 0.6 is 11.8 Å². The van der Waals surface area contributed by atoms with Gasteiger partial charge in [-0.2, -0.15) is 0 Å². The molecule has 4 nitrogen and oxygen atoms in total. The maximum absolute atomic E-state index is 12.4. The highest BCUT2D eigenvalue weighted by Gasteiger charge is 2.07. The molecule has 25 heavy (non-hydrogen) atoms. The number of thioether (sulfide) groups is 1. The fraction of sp³-hybridized carbons (Fsp3) is 0.250. The van der Waals surface area contributed by atoms with Crippen LogP contribution in [0.2, 0.25) is 0 Å². The molecule has 1 amide bonds. The molecule has 0 spiro atoms. The highest BCUT2D eigenvalue weighted by Crippen LogP contribution is 2.25. The maximum Gasteiger partial charge on any atom is 0.246 e. The van der Waals surface area contributed by atoms with E-state index in [-0.39, 0.29) is 5.91 Å². The van der Waals surface area contributed by atoms with Crippen LogP contribution in [-0.4, -0.2) is 38.3 Å². The van der Waals surface area contributed by atoms with E-state index in [1.165, 1.54) is 4.90 Å². The molecule has 132 valence electrons. The Kier molecular flexibility index (Phi) is 6.95. The number of carbonyl (C=O) groups excluding carboxylic acids is 1. The first-order chi connectivity index (χ1) is 12.1. The molecule has 0 radical (unpaired) electrons. The van der Waals surface area contributed by atoms with Crippen molar-refractivity contribution < 1.29 is 14.3 Å². The third-order valence-corrected chi connectivity index (χ3v) is 4.54. The lowest BCUT2D eigenvalue weighted by Crippen LogP contribution is -2.24. The van der Waals surface area contributed by atoms with Gasteiger partial charge in [0.2, 0.25) is 5.91 Å². The summed E-state index contributed by atoms with van der Waals surface area (Å²) in [6, 6.07) is 13.7. The van der Waals surface area contributed by atoms with Crippen LogP contribution < -0.4 is 9.47 Å². The molecule has 2 rings (SSSR count). The maximum atomic E-state index is 12.4. The van der Waals surface area contributed by atoms with Crippen LogP contribution in [0.5, 0.6) is 11.5 Å². The lowest BCUT2D eigenvalue weighted by atomic mass is 10.1. The smallest absolute Gasteiger partial charge is 0.246 e. The monoisotopic (exact) mass is 357 g/mol. The van der Waals surface area contributed by atoms with Gasteiger partial charge in [0, 0.05) is 30.1 Å². The Labute approximate surface area is 153 Å². The number of likely N-dealkylation sites (N-methyl/N-ethyl adjacent to an activating group) is 1. The van der Waals surface area contributed by atoms with Crippen LogP contribution in [0.4, 0.5) is 0 Å². The van der Waals surface area contributed by atoms with Gasteiger partial charge < -0.3 is 14.4 Å². The second kappa shape index (κ2) is 9.18. The second-order valence-electron chi connectivity index (χ2n) is 5.48. The number of hydrogen-bond acceptors (Lipinski definition) is 4. The van der Waals surface area contributed by atoms with Crippen LogP contribution in [0, 0.1) is 0 Å². The van der Waals surface area contributed by atoms with Gasteiger partial charge in [-0.1, -0.05) is 12.1 Å². The lowest BCUT2D eigenvalue weighted by Gasteiger charge is -2.15. The second-order valence-corrected chi connectivity index (χ2v) is 6.36. The van der Waals surface area contributed by atoms with E-state index in [2.05, 4.69) is 12.1 Å². The van der Waals surface area contributed by atoms with Crippen molar-refractivity contribution >= 4 is 23.7 Å². The molecule has 2 aromatic carbocycles. The molecule has 2 aromatic rings. The average molecular weight is 357 g/mol. The van der Waals surface area contributed by atoms with Gasteiger partial charge >= 0.3 is 0 Å². The van der Waals surface area contributed by atoms with Gasteiger partial charge in [-0.3, -0.25) is 4.79 Å². The van der Waals surface area contributed by atoms with Crippen LogP contribution in [0.1, 0.15) is 11.1 Å². The number of amides is 1. The summed E-state index contributed by atoms with van der Waals surface area (Å²) >= 11 is 1.70. The third-order valence-electron chi connectivity index (χ3n) is 3.80. The van der Waals surface area contributed by atoms with Crippen molar-refractivity contribution in [2.45, 2.75) is 11.4 Å². The minimum atomic E-state index is -0.0705. The number of hydrogen-bond donors (Lipinski definition) is 0. The highest BCUT2D eigenvalue weighted by atomic mass is 32.2. The molecule has 0 aliphatic carbocycles. The molecule has 0 unspecified atom stereocenters. The number of rotatable bonds is 7. The molecule has 0 N–H and O–H groups in total. The summed E-state index contributed by atoms with van der Waals surface area (Å²) < 4.78 is 10.5. The van der Waals surface area contributed by atoms with Crippen molar-refractivity contribution in [3.63, 3.8) is 0 Å². The number of nitrogens with zero attached hydrogens (tertiary/aromatic N) is 1. The van der Waals surface area contributed by atoms with Crippen molar-refractivity contribution in [1.82, 2.24) is 4.90 Å². The van der Waals surface area contributed by atoms with Gasteiger partial charge in [-0.25, -0.2) is 0 Å². The summed E-state index contributed by atoms with van der Waals surface area (Å²) in [5.41, 5.74) is 1.90. The Morgan fingerprint density at radius 1 is 1.12 bits per heavy atom. The summed E-state index contributed by atoms with van der Waals surface area (Å²) in [5, 5.41) is 0. The molecule has 0 saturated carbocycles. The van der Waals surface area contributed by atoms with E-state index in [1.807, 2.05) is 36.6 Å². The van der Waals surface area contributed by atoms with Crippen molar-refractivity contribution in [3.8, 4) is 11.5 Å². The largest absolute Gasteiger partial charge is 0.497 e. The average Bonchev–Trinajstić information content (AvgIpc) is 2.66. The van der Waals surface area contributed by atoms with E-state index in [4.69, 9.17) is 9.47 Å². The normalized spacial score (nSPS) is 10.7. The molecule has 0 aliphatic heterocycles. The van der Waals surface area contributed by atoms with E-state index >= 15 is 0 Å². The zero-order valence-corrected chi connectivity index (χ0v) is 15.8. The summed E-state index contributed by atoms with van der Waals surface area (Å²) in [6.07, 6.45) is 5.34. The van der Waals surface area contributed by atoms with Gasteiger partial charge in [0.25, 0.3) is 0 Å². The molecule has 0 fully saturated rings. The Bertz CT molecular complexity index is 741. The predicted molar refractivity (Wildman–Crippen MR) is 103 cm³/mol. The molecule has 0 atom stereocenters. The summed E-state index contributed by atoms with van der Waals surface area (Å²) in [5.74, 6) is 1.34. The Balaban J connectivity index is 2.05. The minimum absolute atomic E-state index is 0.0705. The molecule has 0 heterocycles. The zero-order chi connectivity index (χ0) is 18.2. The minimum Gasteiger partial charge on any atom is -0.497 e. The van der Waals surface area contributed by atoms with Gasteiger partial charge in [0.1, 0.15) is 11.5 Å². The fourth-order valence-electron chi connectivity index (χ4n) is 2.34. The number of benzene rings is 2. The first-order valence-electron chi connectivity index (χ1n) is 7.85. The van der Waals surface area contributed by atoms with Crippen LogP contribution in [0.15, 0.2) is 53.4 Å². The molecular formula is C20H23NO3S. The molecule has 0 aliphatic rings. The molecule has 0 bridgehead atoms. The highest BCUT2D eigenvalue weighted by molar-refractivity contribution is 7.98. The summed E-state index contributed by atoms with van der Waals surface area (Å²) in [4.78, 5) is 15.2. The molecular weight excluding hydrogens is 334 g/mol. The third kappa shape index (κ3) is 5.29. The Morgan fingerprint density at radius 2 is 1.84 bits per heavy atom. The van der Waals surface area contributed by atoms with Crippen molar-refractivity contribution in [3.05, 3.63) is 59.7 Å². The zero-order valence-electron chi connectivity index (χ0n) is 15.0. The van der Waals surface area contributed by atoms with E-state index < -0.39 is 0 Å². The molecule has 5 heteroatoms. The SMILES string of the molecule is COc1ccc(OC)c(/C=C/C(=O)N(C)Cc2ccc(SC)cc2)c1. The molecule has 0 aromatic heterocycles. The van der Waals surface area contributed by atoms with Crippen molar-refractivity contribution in [2.75, 3.05) is 27.5 Å². The summed E-state index contributed by atoms with van der Waals surface area (Å²) in [7, 11) is 5.00. The van der Waals surface area contributed by atoms with Crippen LogP contribution in [0.25, 0.3) is 6.08 Å². The Hall–Kier alpha value is -2.40. The number of ether oxygens (including phenoxy) is 2. The predicted octanol–water partition coefficient (Wildman–Crippen LogP) is 4.10. The van der Waals surface area contributed by atoms with E-state index in [1.54, 1.807) is 50.1 Å². The van der Waals surface area contributed by atoms with Gasteiger partial charge in [-0.05, 0) is 48.2 Å². The first-order valence-corrected chi connectivity index (χ1v) is 9.08. The van der Waals surface area contributed by atoms with Gasteiger partial charge in [-0.15, -0.1) is 11.8 Å². The van der Waals surface area contributed by atoms with E-state index in [0.29, 0.717) is 12.3 Å². The van der Waals surface area contributed by atoms with E-state index in [0.717, 1.165) is 16.9 Å². The first kappa shape index (κ1) is 18.9. The lowest BCUT2D eigenvalue weighted by molar-refractivity contribution is -0.125. The van der Waals surface area contributed by atoms with Gasteiger partial charge in [0.05, 0.1) is 14.2 Å².